The van der Waals surface area contributed by atoms with Crippen molar-refractivity contribution in [3.05, 3.63) is 71.2 Å². The average molecular weight is 321 g/mol. The van der Waals surface area contributed by atoms with Crippen molar-refractivity contribution in [3.63, 3.8) is 0 Å². The van der Waals surface area contributed by atoms with Crippen LogP contribution < -0.4 is 5.32 Å². The number of hydrogen-bond acceptors (Lipinski definition) is 3. The van der Waals surface area contributed by atoms with Gasteiger partial charge in [-0.05, 0) is 36.4 Å². The van der Waals surface area contributed by atoms with Crippen LogP contribution in [0, 0.1) is 11.6 Å². The van der Waals surface area contributed by atoms with Crippen molar-refractivity contribution in [1.29, 1.82) is 0 Å². The number of nitrogens with one attached hydrogen (secondary N) is 1. The number of anilines is 1. The highest BCUT2D eigenvalue weighted by Gasteiger charge is 2.07. The second-order valence-corrected chi connectivity index (χ2v) is 5.04. The molecule has 0 saturated carbocycles. The molecule has 6 heteroatoms. The van der Waals surface area contributed by atoms with Gasteiger partial charge in [-0.2, -0.15) is 0 Å². The summed E-state index contributed by atoms with van der Waals surface area (Å²) in [5.41, 5.74) is 1.31. The highest BCUT2D eigenvalue weighted by Crippen LogP contribution is 2.22. The predicted molar refractivity (Wildman–Crippen MR) is 80.6 cm³/mol. The summed E-state index contributed by atoms with van der Waals surface area (Å²) in [6, 6.07) is 10.8. The van der Waals surface area contributed by atoms with Gasteiger partial charge in [0.1, 0.15) is 0 Å². The fourth-order valence-electron chi connectivity index (χ4n) is 1.92. The Bertz CT molecular complexity index is 787. The number of benzene rings is 2. The number of hydrogen-bond donors (Lipinski definition) is 1. The smallest absolute Gasteiger partial charge is 0.214 e. The van der Waals surface area contributed by atoms with Gasteiger partial charge >= 0.3 is 0 Å². The maximum absolute atomic E-state index is 13.1. The SMILES string of the molecule is Fc1ccc(NCc2ncc(-c3ccc(Cl)cc3)o2)cc1F. The molecule has 0 aliphatic heterocycles. The van der Waals surface area contributed by atoms with Gasteiger partial charge in [-0.25, -0.2) is 13.8 Å². The number of aromatic nitrogens is 1. The van der Waals surface area contributed by atoms with Crippen LogP contribution in [0.3, 0.4) is 0 Å². The van der Waals surface area contributed by atoms with Gasteiger partial charge in [0.05, 0.1) is 12.7 Å². The van der Waals surface area contributed by atoms with Crippen LogP contribution in [-0.2, 0) is 6.54 Å². The molecule has 22 heavy (non-hydrogen) atoms. The predicted octanol–water partition coefficient (Wildman–Crippen LogP) is 4.89. The lowest BCUT2D eigenvalue weighted by atomic mass is 10.2. The first-order chi connectivity index (χ1) is 10.6. The van der Waals surface area contributed by atoms with E-state index < -0.39 is 11.6 Å². The largest absolute Gasteiger partial charge is 0.439 e. The summed E-state index contributed by atoms with van der Waals surface area (Å²) in [4.78, 5) is 4.14. The zero-order chi connectivity index (χ0) is 15.5. The molecule has 0 unspecified atom stereocenters. The van der Waals surface area contributed by atoms with Crippen LogP contribution in [0.15, 0.2) is 53.1 Å². The topological polar surface area (TPSA) is 38.1 Å². The number of oxazole rings is 1. The van der Waals surface area contributed by atoms with Crippen molar-refractivity contribution in [1.82, 2.24) is 4.98 Å². The van der Waals surface area contributed by atoms with E-state index in [1.807, 2.05) is 12.1 Å². The Morgan fingerprint density at radius 2 is 1.82 bits per heavy atom. The average Bonchev–Trinajstić information content (AvgIpc) is 2.98. The summed E-state index contributed by atoms with van der Waals surface area (Å²) in [5.74, 6) is -0.737. The van der Waals surface area contributed by atoms with Crippen LogP contribution in [-0.4, -0.2) is 4.98 Å². The van der Waals surface area contributed by atoms with Gasteiger partial charge in [0, 0.05) is 22.3 Å². The summed E-state index contributed by atoms with van der Waals surface area (Å²) < 4.78 is 31.5. The molecule has 3 aromatic rings. The fourth-order valence-corrected chi connectivity index (χ4v) is 2.05. The van der Waals surface area contributed by atoms with Gasteiger partial charge in [-0.15, -0.1) is 0 Å². The Balaban J connectivity index is 1.69. The van der Waals surface area contributed by atoms with Crippen molar-refractivity contribution in [3.8, 4) is 11.3 Å². The molecule has 1 heterocycles. The lowest BCUT2D eigenvalue weighted by molar-refractivity contribution is 0.507. The third-order valence-corrected chi connectivity index (χ3v) is 3.30. The van der Waals surface area contributed by atoms with Crippen LogP contribution in [0.25, 0.3) is 11.3 Å². The molecule has 0 spiro atoms. The number of nitrogens with zero attached hydrogens (tertiary/aromatic N) is 1. The zero-order valence-electron chi connectivity index (χ0n) is 11.3. The Morgan fingerprint density at radius 1 is 1.05 bits per heavy atom. The summed E-state index contributed by atoms with van der Waals surface area (Å²) in [5, 5.41) is 3.56. The van der Waals surface area contributed by atoms with Crippen molar-refractivity contribution >= 4 is 17.3 Å². The van der Waals surface area contributed by atoms with Crippen LogP contribution >= 0.6 is 11.6 Å². The first-order valence-corrected chi connectivity index (χ1v) is 6.89. The molecule has 3 nitrogen and oxygen atoms in total. The third kappa shape index (κ3) is 3.26. The molecule has 0 saturated heterocycles. The van der Waals surface area contributed by atoms with Crippen molar-refractivity contribution in [2.75, 3.05) is 5.32 Å². The van der Waals surface area contributed by atoms with E-state index in [1.165, 1.54) is 6.07 Å². The summed E-state index contributed by atoms with van der Waals surface area (Å²) >= 11 is 5.83. The summed E-state index contributed by atoms with van der Waals surface area (Å²) in [6.45, 7) is 0.263. The lowest BCUT2D eigenvalue weighted by Crippen LogP contribution is -2.00. The van der Waals surface area contributed by atoms with Gasteiger partial charge < -0.3 is 9.73 Å². The second-order valence-electron chi connectivity index (χ2n) is 4.61. The highest BCUT2D eigenvalue weighted by atomic mass is 35.5. The minimum absolute atomic E-state index is 0.263. The van der Waals surface area contributed by atoms with Gasteiger partial charge in [0.15, 0.2) is 17.4 Å². The second kappa shape index (κ2) is 6.15. The number of rotatable bonds is 4. The Morgan fingerprint density at radius 3 is 2.55 bits per heavy atom. The minimum atomic E-state index is -0.903. The summed E-state index contributed by atoms with van der Waals surface area (Å²) in [6.07, 6.45) is 1.60. The van der Waals surface area contributed by atoms with Crippen molar-refractivity contribution in [2.45, 2.75) is 6.54 Å². The molecular formula is C16H11ClF2N2O. The molecule has 0 bridgehead atoms. The number of halogens is 3. The van der Waals surface area contributed by atoms with E-state index in [0.29, 0.717) is 22.4 Å². The van der Waals surface area contributed by atoms with E-state index in [1.54, 1.807) is 18.3 Å². The molecule has 112 valence electrons. The van der Waals surface area contributed by atoms with Gasteiger partial charge in [-0.3, -0.25) is 0 Å². The first kappa shape index (κ1) is 14.5. The molecule has 0 aliphatic carbocycles. The molecular weight excluding hydrogens is 310 g/mol. The van der Waals surface area contributed by atoms with E-state index in [4.69, 9.17) is 16.0 Å². The fraction of sp³-hybridized carbons (Fsp3) is 0.0625. The highest BCUT2D eigenvalue weighted by molar-refractivity contribution is 6.30. The van der Waals surface area contributed by atoms with E-state index in [2.05, 4.69) is 10.3 Å². The Hall–Kier alpha value is -2.40. The molecule has 1 aromatic heterocycles. The maximum Gasteiger partial charge on any atom is 0.214 e. The van der Waals surface area contributed by atoms with Gasteiger partial charge in [0.2, 0.25) is 5.89 Å². The van der Waals surface area contributed by atoms with Crippen LogP contribution in [0.4, 0.5) is 14.5 Å². The normalized spacial score (nSPS) is 10.7. The minimum Gasteiger partial charge on any atom is -0.439 e. The van der Waals surface area contributed by atoms with Crippen molar-refractivity contribution < 1.29 is 13.2 Å². The molecule has 0 radical (unpaired) electrons. The molecule has 1 N–H and O–H groups in total. The molecule has 3 rings (SSSR count). The lowest BCUT2D eigenvalue weighted by Gasteiger charge is -2.04. The van der Waals surface area contributed by atoms with E-state index >= 15 is 0 Å². The van der Waals surface area contributed by atoms with Crippen LogP contribution in [0.1, 0.15) is 5.89 Å². The van der Waals surface area contributed by atoms with E-state index in [0.717, 1.165) is 17.7 Å². The third-order valence-electron chi connectivity index (χ3n) is 3.05. The van der Waals surface area contributed by atoms with Crippen molar-refractivity contribution in [2.24, 2.45) is 0 Å². The van der Waals surface area contributed by atoms with Gasteiger partial charge in [-0.1, -0.05) is 11.6 Å². The maximum atomic E-state index is 13.1. The van der Waals surface area contributed by atoms with E-state index in [9.17, 15) is 8.78 Å². The molecule has 0 fully saturated rings. The molecule has 0 aliphatic rings. The Labute approximate surface area is 130 Å². The standard InChI is InChI=1S/C16H11ClF2N2O/c17-11-3-1-10(2-4-11)15-8-21-16(22-15)9-20-12-5-6-13(18)14(19)7-12/h1-8,20H,9H2. The monoisotopic (exact) mass is 320 g/mol. The summed E-state index contributed by atoms with van der Waals surface area (Å²) in [7, 11) is 0. The molecule has 0 amide bonds. The van der Waals surface area contributed by atoms with E-state index in [-0.39, 0.29) is 6.54 Å². The van der Waals surface area contributed by atoms with Gasteiger partial charge in [0.25, 0.3) is 0 Å². The van der Waals surface area contributed by atoms with Crippen LogP contribution in [0.5, 0.6) is 0 Å². The first-order valence-electron chi connectivity index (χ1n) is 6.51. The molecule has 2 aromatic carbocycles. The molecule has 0 atom stereocenters. The zero-order valence-corrected chi connectivity index (χ0v) is 12.1. The Kier molecular flexibility index (Phi) is 4.06. The quantitative estimate of drug-likeness (QED) is 0.744. The van der Waals surface area contributed by atoms with Crippen LogP contribution in [0.2, 0.25) is 5.02 Å².